The van der Waals surface area contributed by atoms with Gasteiger partial charge < -0.3 is 18.6 Å². The summed E-state index contributed by atoms with van der Waals surface area (Å²) in [7, 11) is 0. The molecule has 6 rings (SSSR count). The van der Waals surface area contributed by atoms with Crippen molar-refractivity contribution < 1.29 is 28.2 Å². The third-order valence-electron chi connectivity index (χ3n) is 6.48. The first-order chi connectivity index (χ1) is 18.9. The number of allylic oxidation sites excluding steroid dienone is 1. The molecular formula is C33H24O6. The summed E-state index contributed by atoms with van der Waals surface area (Å²) in [6, 6.07) is 27.7. The zero-order valence-electron chi connectivity index (χ0n) is 21.4. The maximum atomic E-state index is 13.3. The van der Waals surface area contributed by atoms with Crippen molar-refractivity contribution in [2.75, 3.05) is 0 Å². The highest BCUT2D eigenvalue weighted by molar-refractivity contribution is 6.14. The molecule has 4 aromatic carbocycles. The van der Waals surface area contributed by atoms with Crippen molar-refractivity contribution in [3.05, 3.63) is 130 Å². The van der Waals surface area contributed by atoms with E-state index in [2.05, 4.69) is 0 Å². The molecule has 0 atom stereocenters. The van der Waals surface area contributed by atoms with Gasteiger partial charge in [-0.15, -0.1) is 0 Å². The van der Waals surface area contributed by atoms with Gasteiger partial charge >= 0.3 is 5.97 Å². The number of ketones is 1. The van der Waals surface area contributed by atoms with Gasteiger partial charge in [0.2, 0.25) is 5.78 Å². The van der Waals surface area contributed by atoms with E-state index < -0.39 is 5.97 Å². The maximum Gasteiger partial charge on any atom is 0.347 e. The van der Waals surface area contributed by atoms with Gasteiger partial charge in [-0.2, -0.15) is 0 Å². The Labute approximate surface area is 225 Å². The minimum Gasteiger partial charge on any atom is -0.489 e. The Kier molecular flexibility index (Phi) is 6.21. The Bertz CT molecular complexity index is 1760. The van der Waals surface area contributed by atoms with Gasteiger partial charge in [0.05, 0.1) is 5.56 Å². The van der Waals surface area contributed by atoms with Gasteiger partial charge in [-0.25, -0.2) is 4.79 Å². The van der Waals surface area contributed by atoms with E-state index in [1.807, 2.05) is 61.5 Å². The summed E-state index contributed by atoms with van der Waals surface area (Å²) in [5, 5.41) is 0.596. The Morgan fingerprint density at radius 1 is 0.872 bits per heavy atom. The molecule has 0 N–H and O–H groups in total. The number of ether oxygens (including phenoxy) is 3. The third-order valence-corrected chi connectivity index (χ3v) is 6.48. The standard InChI is InChI=1S/C33H24O6/c1-20-7-6-10-23(15-20)16-30-32(34)26-13-11-25(18-29(26)39-30)38-33(35)31-21(2)37-28-14-12-24(17-27(28)31)36-19-22-8-4-3-5-9-22/h3-18H,19H2,1-2H3/b30-16-. The van der Waals surface area contributed by atoms with E-state index in [-0.39, 0.29) is 17.3 Å². The molecule has 0 radical (unpaired) electrons. The molecule has 192 valence electrons. The lowest BCUT2D eigenvalue weighted by Gasteiger charge is -2.07. The predicted molar refractivity (Wildman–Crippen MR) is 147 cm³/mol. The SMILES string of the molecule is Cc1cccc(/C=C2\Oc3cc(OC(=O)c4c(C)oc5ccc(OCc6ccccc6)cc45)ccc3C2=O)c1. The number of hydrogen-bond donors (Lipinski definition) is 0. The molecule has 6 nitrogen and oxygen atoms in total. The number of aryl methyl sites for hydroxylation is 2. The van der Waals surface area contributed by atoms with Crippen LogP contribution in [0.15, 0.2) is 101 Å². The van der Waals surface area contributed by atoms with Gasteiger partial charge in [0.1, 0.15) is 40.8 Å². The summed E-state index contributed by atoms with van der Waals surface area (Å²) in [4.78, 5) is 26.1. The van der Waals surface area contributed by atoms with Crippen molar-refractivity contribution in [1.29, 1.82) is 0 Å². The summed E-state index contributed by atoms with van der Waals surface area (Å²) in [6.45, 7) is 4.10. The molecule has 1 aromatic heterocycles. The van der Waals surface area contributed by atoms with Crippen LogP contribution >= 0.6 is 0 Å². The van der Waals surface area contributed by atoms with E-state index in [9.17, 15) is 9.59 Å². The van der Waals surface area contributed by atoms with E-state index in [1.165, 1.54) is 0 Å². The van der Waals surface area contributed by atoms with Crippen LogP contribution in [0.25, 0.3) is 17.0 Å². The Balaban J connectivity index is 1.22. The fourth-order valence-corrected chi connectivity index (χ4v) is 4.58. The maximum absolute atomic E-state index is 13.3. The van der Waals surface area contributed by atoms with Gasteiger partial charge in [0.25, 0.3) is 0 Å². The van der Waals surface area contributed by atoms with Crippen molar-refractivity contribution >= 4 is 28.8 Å². The van der Waals surface area contributed by atoms with E-state index in [0.717, 1.165) is 16.7 Å². The number of hydrogen-bond acceptors (Lipinski definition) is 6. The number of carbonyl (C=O) groups excluding carboxylic acids is 2. The summed E-state index contributed by atoms with van der Waals surface area (Å²) in [5.74, 6) is 1.07. The fraction of sp³-hybridized carbons (Fsp3) is 0.0909. The second-order valence-corrected chi connectivity index (χ2v) is 9.37. The minimum absolute atomic E-state index is 0.218. The van der Waals surface area contributed by atoms with Crippen LogP contribution in [-0.4, -0.2) is 11.8 Å². The average Bonchev–Trinajstić information content (AvgIpc) is 3.42. The van der Waals surface area contributed by atoms with Crippen molar-refractivity contribution in [1.82, 2.24) is 0 Å². The molecule has 0 saturated heterocycles. The zero-order valence-corrected chi connectivity index (χ0v) is 21.4. The lowest BCUT2D eigenvalue weighted by Crippen LogP contribution is -2.09. The minimum atomic E-state index is -0.578. The summed E-state index contributed by atoms with van der Waals surface area (Å²) in [5.41, 5.74) is 4.27. The number of rotatable bonds is 6. The van der Waals surface area contributed by atoms with Crippen LogP contribution in [0.5, 0.6) is 17.2 Å². The molecule has 0 aliphatic carbocycles. The van der Waals surface area contributed by atoms with Gasteiger partial charge in [-0.3, -0.25) is 4.79 Å². The molecule has 0 saturated carbocycles. The van der Waals surface area contributed by atoms with Crippen LogP contribution in [0, 0.1) is 13.8 Å². The molecule has 1 aliphatic rings. The van der Waals surface area contributed by atoms with Gasteiger partial charge in [0.15, 0.2) is 5.76 Å². The third kappa shape index (κ3) is 4.92. The van der Waals surface area contributed by atoms with Gasteiger partial charge in [0, 0.05) is 11.5 Å². The van der Waals surface area contributed by atoms with E-state index in [0.29, 0.717) is 46.0 Å². The second kappa shape index (κ2) is 9.99. The second-order valence-electron chi connectivity index (χ2n) is 9.37. The molecule has 0 bridgehead atoms. The first-order valence-corrected chi connectivity index (χ1v) is 12.5. The van der Waals surface area contributed by atoms with Crippen LogP contribution in [0.3, 0.4) is 0 Å². The molecule has 6 heteroatoms. The number of benzene rings is 4. The van der Waals surface area contributed by atoms with Gasteiger partial charge in [-0.1, -0.05) is 60.2 Å². The van der Waals surface area contributed by atoms with E-state index in [1.54, 1.807) is 49.4 Å². The zero-order chi connectivity index (χ0) is 26.9. The van der Waals surface area contributed by atoms with Crippen LogP contribution in [0.4, 0.5) is 0 Å². The molecule has 1 aliphatic heterocycles. The van der Waals surface area contributed by atoms with Crippen molar-refractivity contribution in [3.63, 3.8) is 0 Å². The highest BCUT2D eigenvalue weighted by Crippen LogP contribution is 2.36. The number of furan rings is 1. The smallest absolute Gasteiger partial charge is 0.347 e. The monoisotopic (exact) mass is 516 g/mol. The van der Waals surface area contributed by atoms with Gasteiger partial charge in [-0.05, 0) is 61.4 Å². The molecule has 0 fully saturated rings. The molecular weight excluding hydrogens is 492 g/mol. The quantitative estimate of drug-likeness (QED) is 0.132. The normalized spacial score (nSPS) is 13.4. The van der Waals surface area contributed by atoms with Crippen LogP contribution in [0.2, 0.25) is 0 Å². The average molecular weight is 517 g/mol. The number of carbonyl (C=O) groups is 2. The van der Waals surface area contributed by atoms with Crippen LogP contribution in [-0.2, 0) is 6.61 Å². The number of fused-ring (bicyclic) bond motifs is 2. The molecule has 2 heterocycles. The van der Waals surface area contributed by atoms with E-state index in [4.69, 9.17) is 18.6 Å². The summed E-state index contributed by atoms with van der Waals surface area (Å²) >= 11 is 0. The first kappa shape index (κ1) is 24.2. The van der Waals surface area contributed by atoms with Crippen molar-refractivity contribution in [3.8, 4) is 17.2 Å². The summed E-state index contributed by atoms with van der Waals surface area (Å²) < 4.78 is 23.3. The highest BCUT2D eigenvalue weighted by Gasteiger charge is 2.28. The topological polar surface area (TPSA) is 75.0 Å². The van der Waals surface area contributed by atoms with Crippen molar-refractivity contribution in [2.24, 2.45) is 0 Å². The van der Waals surface area contributed by atoms with E-state index >= 15 is 0 Å². The Morgan fingerprint density at radius 3 is 2.51 bits per heavy atom. The van der Waals surface area contributed by atoms with Crippen molar-refractivity contribution in [2.45, 2.75) is 20.5 Å². The molecule has 5 aromatic rings. The molecule has 0 unspecified atom stereocenters. The summed E-state index contributed by atoms with van der Waals surface area (Å²) in [6.07, 6.45) is 1.71. The fourth-order valence-electron chi connectivity index (χ4n) is 4.58. The Morgan fingerprint density at radius 2 is 1.69 bits per heavy atom. The van der Waals surface area contributed by atoms with Crippen LogP contribution < -0.4 is 14.2 Å². The van der Waals surface area contributed by atoms with Crippen LogP contribution in [0.1, 0.15) is 43.2 Å². The molecule has 0 spiro atoms. The number of Topliss-reactive ketones (excluding diaryl/α,β-unsaturated/α-hetero) is 1. The largest absolute Gasteiger partial charge is 0.489 e. The number of esters is 1. The lowest BCUT2D eigenvalue weighted by atomic mass is 10.1. The lowest BCUT2D eigenvalue weighted by molar-refractivity contribution is 0.0734. The molecule has 39 heavy (non-hydrogen) atoms. The first-order valence-electron chi connectivity index (χ1n) is 12.5. The Hall–Kier alpha value is -5.10. The molecule has 0 amide bonds. The highest BCUT2D eigenvalue weighted by atomic mass is 16.5. The predicted octanol–water partition coefficient (Wildman–Crippen LogP) is 7.46.